The minimum atomic E-state index is 0.149. The van der Waals surface area contributed by atoms with E-state index in [4.69, 9.17) is 9.15 Å². The number of hydrogen-bond acceptors (Lipinski definition) is 6. The van der Waals surface area contributed by atoms with Crippen molar-refractivity contribution in [3.8, 4) is 22.9 Å². The predicted molar refractivity (Wildman–Crippen MR) is 112 cm³/mol. The van der Waals surface area contributed by atoms with Gasteiger partial charge in [-0.3, -0.25) is 0 Å². The molecule has 2 aromatic heterocycles. The van der Waals surface area contributed by atoms with Gasteiger partial charge < -0.3 is 9.15 Å². The second-order valence-electron chi connectivity index (χ2n) is 7.10. The number of fused-ring (bicyclic) bond motifs is 1. The molecule has 0 bridgehead atoms. The summed E-state index contributed by atoms with van der Waals surface area (Å²) in [6, 6.07) is 21.5. The fourth-order valence-corrected chi connectivity index (χ4v) is 3.14. The van der Waals surface area contributed by atoms with Crippen LogP contribution in [0.4, 0.5) is 0 Å². The van der Waals surface area contributed by atoms with Gasteiger partial charge in [0, 0.05) is 5.56 Å². The third-order valence-electron chi connectivity index (χ3n) is 4.73. The van der Waals surface area contributed by atoms with Gasteiger partial charge in [0.25, 0.3) is 5.89 Å². The molecular formula is C23H19N5O2. The van der Waals surface area contributed by atoms with Crippen molar-refractivity contribution in [2.45, 2.75) is 20.5 Å². The lowest BCUT2D eigenvalue weighted by Crippen LogP contribution is -2.04. The predicted octanol–water partition coefficient (Wildman–Crippen LogP) is 4.67. The van der Waals surface area contributed by atoms with Gasteiger partial charge in [0.2, 0.25) is 5.89 Å². The number of ether oxygens (including phenoxy) is 1. The molecule has 148 valence electrons. The summed E-state index contributed by atoms with van der Waals surface area (Å²) in [5.74, 6) is 1.50. The van der Waals surface area contributed by atoms with E-state index in [1.54, 1.807) is 4.80 Å². The SMILES string of the molecule is Cc1ccc(-c2nnc(COc3ccc(C)cc3-n3nc4ccccc4n3)o2)cc1. The molecule has 0 atom stereocenters. The topological polar surface area (TPSA) is 78.9 Å². The van der Waals surface area contributed by atoms with Crippen molar-refractivity contribution < 1.29 is 9.15 Å². The second kappa shape index (κ2) is 7.44. The molecule has 0 amide bonds. The van der Waals surface area contributed by atoms with Crippen molar-refractivity contribution >= 4 is 11.0 Å². The molecule has 0 radical (unpaired) electrons. The summed E-state index contributed by atoms with van der Waals surface area (Å²) in [7, 11) is 0. The maximum atomic E-state index is 6.00. The zero-order valence-corrected chi connectivity index (χ0v) is 16.6. The van der Waals surface area contributed by atoms with Gasteiger partial charge in [-0.05, 0) is 55.8 Å². The molecule has 5 aromatic rings. The Morgan fingerprint density at radius 3 is 2.27 bits per heavy atom. The summed E-state index contributed by atoms with van der Waals surface area (Å²) in [6.07, 6.45) is 0. The van der Waals surface area contributed by atoms with Crippen LogP contribution in [0, 0.1) is 13.8 Å². The van der Waals surface area contributed by atoms with Gasteiger partial charge in [0.05, 0.1) is 0 Å². The van der Waals surface area contributed by atoms with Crippen molar-refractivity contribution in [3.05, 3.63) is 83.7 Å². The van der Waals surface area contributed by atoms with Gasteiger partial charge in [0.1, 0.15) is 22.5 Å². The van der Waals surface area contributed by atoms with Crippen LogP contribution in [-0.4, -0.2) is 25.2 Å². The van der Waals surface area contributed by atoms with Crippen LogP contribution in [-0.2, 0) is 6.61 Å². The van der Waals surface area contributed by atoms with Crippen LogP contribution >= 0.6 is 0 Å². The van der Waals surface area contributed by atoms with Crippen molar-refractivity contribution in [1.29, 1.82) is 0 Å². The van der Waals surface area contributed by atoms with Gasteiger partial charge in [-0.25, -0.2) is 0 Å². The van der Waals surface area contributed by atoms with Crippen LogP contribution in [0.3, 0.4) is 0 Å². The minimum Gasteiger partial charge on any atom is -0.481 e. The highest BCUT2D eigenvalue weighted by atomic mass is 16.5. The standard InChI is InChI=1S/C23H19N5O2/c1-15-7-10-17(11-8-15)23-25-24-22(30-23)14-29-21-12-9-16(2)13-20(21)28-26-18-5-3-4-6-19(18)27-28/h3-13H,14H2,1-2H3. The third-order valence-corrected chi connectivity index (χ3v) is 4.73. The minimum absolute atomic E-state index is 0.149. The Morgan fingerprint density at radius 2 is 1.53 bits per heavy atom. The lowest BCUT2D eigenvalue weighted by atomic mass is 10.1. The van der Waals surface area contributed by atoms with Crippen molar-refractivity contribution in [1.82, 2.24) is 25.2 Å². The molecule has 0 saturated carbocycles. The van der Waals surface area contributed by atoms with E-state index in [0.717, 1.165) is 27.8 Å². The average molecular weight is 397 g/mol. The summed E-state index contributed by atoms with van der Waals surface area (Å²) in [4.78, 5) is 1.60. The largest absolute Gasteiger partial charge is 0.481 e. The van der Waals surface area contributed by atoms with Crippen molar-refractivity contribution in [2.24, 2.45) is 0 Å². The monoisotopic (exact) mass is 397 g/mol. The lowest BCUT2D eigenvalue weighted by Gasteiger charge is -2.10. The van der Waals surface area contributed by atoms with E-state index in [1.165, 1.54) is 5.56 Å². The first kappa shape index (κ1) is 18.1. The number of aryl methyl sites for hydroxylation is 2. The van der Waals surface area contributed by atoms with Crippen molar-refractivity contribution in [2.75, 3.05) is 0 Å². The molecular weight excluding hydrogens is 378 g/mol. The van der Waals surface area contributed by atoms with Crippen LogP contribution in [0.25, 0.3) is 28.2 Å². The second-order valence-corrected chi connectivity index (χ2v) is 7.10. The van der Waals surface area contributed by atoms with Crippen LogP contribution < -0.4 is 4.74 Å². The molecule has 30 heavy (non-hydrogen) atoms. The normalized spacial score (nSPS) is 11.1. The maximum absolute atomic E-state index is 6.00. The summed E-state index contributed by atoms with van der Waals surface area (Å²) in [5, 5.41) is 17.4. The highest BCUT2D eigenvalue weighted by Gasteiger charge is 2.13. The van der Waals surface area contributed by atoms with Crippen LogP contribution in [0.5, 0.6) is 5.75 Å². The van der Waals surface area contributed by atoms with Gasteiger partial charge in [-0.2, -0.15) is 0 Å². The zero-order chi connectivity index (χ0) is 20.5. The Bertz CT molecular complexity index is 1290. The lowest BCUT2D eigenvalue weighted by molar-refractivity contribution is 0.263. The fraction of sp³-hybridized carbons (Fsp3) is 0.130. The number of rotatable bonds is 5. The molecule has 7 heteroatoms. The maximum Gasteiger partial charge on any atom is 0.254 e. The summed E-state index contributed by atoms with van der Waals surface area (Å²) in [5.41, 5.74) is 5.54. The molecule has 0 N–H and O–H groups in total. The van der Waals surface area contributed by atoms with E-state index in [9.17, 15) is 0 Å². The molecule has 5 rings (SSSR count). The smallest absolute Gasteiger partial charge is 0.254 e. The Balaban J connectivity index is 1.40. The molecule has 0 spiro atoms. The van der Waals surface area contributed by atoms with E-state index in [1.807, 2.05) is 80.6 Å². The highest BCUT2D eigenvalue weighted by Crippen LogP contribution is 2.26. The van der Waals surface area contributed by atoms with E-state index in [0.29, 0.717) is 17.5 Å². The summed E-state index contributed by atoms with van der Waals surface area (Å²) < 4.78 is 11.8. The van der Waals surface area contributed by atoms with Crippen molar-refractivity contribution in [3.63, 3.8) is 0 Å². The zero-order valence-electron chi connectivity index (χ0n) is 16.6. The van der Waals surface area contributed by atoms with Gasteiger partial charge in [-0.15, -0.1) is 25.2 Å². The molecule has 0 saturated heterocycles. The van der Waals surface area contributed by atoms with Crippen LogP contribution in [0.1, 0.15) is 17.0 Å². The van der Waals surface area contributed by atoms with E-state index >= 15 is 0 Å². The number of aromatic nitrogens is 5. The highest BCUT2D eigenvalue weighted by molar-refractivity contribution is 5.73. The van der Waals surface area contributed by atoms with E-state index in [2.05, 4.69) is 20.4 Å². The Hall–Kier alpha value is -4.00. The average Bonchev–Trinajstić information content (AvgIpc) is 3.40. The first-order chi connectivity index (χ1) is 14.7. The van der Waals surface area contributed by atoms with Crippen LogP contribution in [0.2, 0.25) is 0 Å². The molecule has 0 aliphatic carbocycles. The molecule has 0 unspecified atom stereocenters. The van der Waals surface area contributed by atoms with Gasteiger partial charge in [-0.1, -0.05) is 35.9 Å². The molecule has 2 heterocycles. The van der Waals surface area contributed by atoms with E-state index < -0.39 is 0 Å². The number of benzene rings is 3. The third kappa shape index (κ3) is 3.53. The van der Waals surface area contributed by atoms with E-state index in [-0.39, 0.29) is 6.61 Å². The first-order valence-electron chi connectivity index (χ1n) is 9.61. The van der Waals surface area contributed by atoms with Crippen LogP contribution in [0.15, 0.2) is 71.1 Å². The molecule has 0 aliphatic heterocycles. The molecule has 3 aromatic carbocycles. The molecule has 7 nitrogen and oxygen atoms in total. The first-order valence-corrected chi connectivity index (χ1v) is 9.61. The molecule has 0 aliphatic rings. The Morgan fingerprint density at radius 1 is 0.833 bits per heavy atom. The summed E-state index contributed by atoms with van der Waals surface area (Å²) in [6.45, 7) is 4.20. The quantitative estimate of drug-likeness (QED) is 0.429. The van der Waals surface area contributed by atoms with Gasteiger partial charge in [0.15, 0.2) is 6.61 Å². The Kier molecular flexibility index (Phi) is 4.48. The molecule has 0 fully saturated rings. The Labute approximate surface area is 172 Å². The fourth-order valence-electron chi connectivity index (χ4n) is 3.14. The number of nitrogens with zero attached hydrogens (tertiary/aromatic N) is 5. The number of hydrogen-bond donors (Lipinski definition) is 0. The summed E-state index contributed by atoms with van der Waals surface area (Å²) >= 11 is 0. The van der Waals surface area contributed by atoms with Gasteiger partial charge >= 0.3 is 0 Å².